The van der Waals surface area contributed by atoms with Gasteiger partial charge < -0.3 is 4.74 Å². The van der Waals surface area contributed by atoms with Crippen LogP contribution in [0.2, 0.25) is 0 Å². The van der Waals surface area contributed by atoms with Gasteiger partial charge in [0.25, 0.3) is 0 Å². The maximum absolute atomic E-state index is 11.8. The summed E-state index contributed by atoms with van der Waals surface area (Å²) < 4.78 is 5.31. The van der Waals surface area contributed by atoms with Crippen LogP contribution >= 0.6 is 11.3 Å². The average molecular weight is 296 g/mol. The van der Waals surface area contributed by atoms with E-state index in [1.165, 1.54) is 16.9 Å². The molecule has 0 unspecified atom stereocenters. The number of anilines is 1. The molecule has 0 fully saturated rings. The van der Waals surface area contributed by atoms with E-state index in [9.17, 15) is 4.79 Å². The molecule has 5 heteroatoms. The summed E-state index contributed by atoms with van der Waals surface area (Å²) in [5.74, 6) is 0. The van der Waals surface area contributed by atoms with Gasteiger partial charge in [0.15, 0.2) is 0 Å². The lowest BCUT2D eigenvalue weighted by atomic mass is 10.1. The van der Waals surface area contributed by atoms with Gasteiger partial charge in [0.1, 0.15) is 5.60 Å². The van der Waals surface area contributed by atoms with Crippen molar-refractivity contribution in [2.45, 2.75) is 52.7 Å². The zero-order valence-electron chi connectivity index (χ0n) is 12.8. The lowest BCUT2D eigenvalue weighted by molar-refractivity contribution is 0.0636. The van der Waals surface area contributed by atoms with E-state index >= 15 is 0 Å². The molecule has 2 rings (SSSR count). The van der Waals surface area contributed by atoms with Crippen LogP contribution in [0.1, 0.15) is 44.6 Å². The van der Waals surface area contributed by atoms with E-state index in [0.29, 0.717) is 0 Å². The fourth-order valence-corrected chi connectivity index (χ4v) is 3.48. The molecule has 1 N–H and O–H groups in total. The minimum Gasteiger partial charge on any atom is -0.444 e. The van der Waals surface area contributed by atoms with Crippen LogP contribution in [-0.2, 0) is 17.7 Å². The van der Waals surface area contributed by atoms with Gasteiger partial charge in [0, 0.05) is 23.3 Å². The van der Waals surface area contributed by atoms with Crippen molar-refractivity contribution in [3.8, 4) is 0 Å². The first kappa shape index (κ1) is 15.3. The molecule has 0 aromatic carbocycles. The molecule has 0 bridgehead atoms. The Balaban J connectivity index is 2.00. The quantitative estimate of drug-likeness (QED) is 0.920. The zero-order chi connectivity index (χ0) is 14.8. The summed E-state index contributed by atoms with van der Waals surface area (Å²) in [5.41, 5.74) is 1.75. The van der Waals surface area contributed by atoms with Crippen LogP contribution < -0.4 is 5.32 Å². The number of ether oxygens (including phenoxy) is 1. The van der Waals surface area contributed by atoms with Crippen molar-refractivity contribution in [1.82, 2.24) is 4.90 Å². The molecule has 0 saturated heterocycles. The molecule has 0 spiro atoms. The Hall–Kier alpha value is -1.07. The van der Waals surface area contributed by atoms with Crippen LogP contribution in [0.25, 0.3) is 0 Å². The summed E-state index contributed by atoms with van der Waals surface area (Å²) >= 11 is 1.73. The Kier molecular flexibility index (Phi) is 4.70. The smallest absolute Gasteiger partial charge is 0.412 e. The maximum Gasteiger partial charge on any atom is 0.412 e. The number of fused-ring (bicyclic) bond motifs is 1. The van der Waals surface area contributed by atoms with Gasteiger partial charge in [0.2, 0.25) is 0 Å². The third-order valence-electron chi connectivity index (χ3n) is 3.20. The van der Waals surface area contributed by atoms with Gasteiger partial charge in [0.05, 0.1) is 5.69 Å². The molecule has 112 valence electrons. The molecular formula is C15H24N2O2S. The third kappa shape index (κ3) is 3.96. The normalized spacial score (nSPS) is 15.8. The topological polar surface area (TPSA) is 41.6 Å². The zero-order valence-corrected chi connectivity index (χ0v) is 13.6. The highest BCUT2D eigenvalue weighted by atomic mass is 32.1. The monoisotopic (exact) mass is 296 g/mol. The highest BCUT2D eigenvalue weighted by Gasteiger charge is 2.23. The molecule has 1 aromatic rings. The maximum atomic E-state index is 11.8. The van der Waals surface area contributed by atoms with E-state index in [1.54, 1.807) is 11.3 Å². The number of thiophene rings is 1. The van der Waals surface area contributed by atoms with E-state index in [-0.39, 0.29) is 6.09 Å². The lowest BCUT2D eigenvalue weighted by Crippen LogP contribution is -2.31. The molecule has 1 amide bonds. The molecule has 1 aromatic heterocycles. The van der Waals surface area contributed by atoms with Crippen molar-refractivity contribution in [1.29, 1.82) is 0 Å². The molecule has 20 heavy (non-hydrogen) atoms. The molecule has 1 aliphatic heterocycles. The number of hydrogen-bond donors (Lipinski definition) is 1. The second-order valence-corrected chi connectivity index (χ2v) is 7.17. The van der Waals surface area contributed by atoms with E-state index in [1.807, 2.05) is 26.2 Å². The Morgan fingerprint density at radius 2 is 2.25 bits per heavy atom. The summed E-state index contributed by atoms with van der Waals surface area (Å²) in [6, 6.07) is 0. The summed E-state index contributed by atoms with van der Waals surface area (Å²) in [6.45, 7) is 11.0. The van der Waals surface area contributed by atoms with Gasteiger partial charge in [-0.1, -0.05) is 6.92 Å². The number of nitrogens with zero attached hydrogens (tertiary/aromatic N) is 1. The summed E-state index contributed by atoms with van der Waals surface area (Å²) in [7, 11) is 0. The Morgan fingerprint density at radius 1 is 1.50 bits per heavy atom. The fourth-order valence-electron chi connectivity index (χ4n) is 2.41. The Bertz CT molecular complexity index is 477. The predicted molar refractivity (Wildman–Crippen MR) is 83.4 cm³/mol. The average Bonchev–Trinajstić information content (AvgIpc) is 2.70. The van der Waals surface area contributed by atoms with Crippen molar-refractivity contribution in [2.24, 2.45) is 0 Å². The first-order chi connectivity index (χ1) is 9.39. The van der Waals surface area contributed by atoms with Crippen LogP contribution in [0.3, 0.4) is 0 Å². The Morgan fingerprint density at radius 3 is 2.90 bits per heavy atom. The molecule has 1 aliphatic rings. The van der Waals surface area contributed by atoms with Crippen molar-refractivity contribution < 1.29 is 9.53 Å². The Labute approximate surface area is 125 Å². The van der Waals surface area contributed by atoms with Crippen LogP contribution in [0.15, 0.2) is 5.38 Å². The number of rotatable bonds is 3. The molecule has 0 saturated carbocycles. The molecule has 0 atom stereocenters. The van der Waals surface area contributed by atoms with Crippen molar-refractivity contribution in [2.75, 3.05) is 18.4 Å². The summed E-state index contributed by atoms with van der Waals surface area (Å²) in [5, 5.41) is 4.92. The van der Waals surface area contributed by atoms with Gasteiger partial charge in [-0.2, -0.15) is 0 Å². The van der Waals surface area contributed by atoms with E-state index < -0.39 is 5.60 Å². The second kappa shape index (κ2) is 6.14. The SMILES string of the molecule is CCCN1CCc2c(NC(=O)OC(C)(C)C)csc2C1. The van der Waals surface area contributed by atoms with E-state index in [0.717, 1.165) is 31.7 Å². The fraction of sp³-hybridized carbons (Fsp3) is 0.667. The highest BCUT2D eigenvalue weighted by molar-refractivity contribution is 7.10. The van der Waals surface area contributed by atoms with Crippen LogP contribution in [-0.4, -0.2) is 29.7 Å². The number of nitrogens with one attached hydrogen (secondary N) is 1. The van der Waals surface area contributed by atoms with Gasteiger partial charge in [-0.3, -0.25) is 10.2 Å². The number of amides is 1. The van der Waals surface area contributed by atoms with Gasteiger partial charge >= 0.3 is 6.09 Å². The second-order valence-electron chi connectivity index (χ2n) is 6.20. The van der Waals surface area contributed by atoms with Gasteiger partial charge in [-0.15, -0.1) is 11.3 Å². The van der Waals surface area contributed by atoms with Crippen LogP contribution in [0, 0.1) is 0 Å². The third-order valence-corrected chi connectivity index (χ3v) is 4.22. The van der Waals surface area contributed by atoms with Crippen molar-refractivity contribution >= 4 is 23.1 Å². The summed E-state index contributed by atoms with van der Waals surface area (Å²) in [4.78, 5) is 15.7. The standard InChI is InChI=1S/C15H24N2O2S/c1-5-7-17-8-6-11-12(10-20-13(11)9-17)16-14(18)19-15(2,3)4/h10H,5-9H2,1-4H3,(H,16,18). The first-order valence-corrected chi connectivity index (χ1v) is 8.08. The van der Waals surface area contributed by atoms with Gasteiger partial charge in [-0.25, -0.2) is 4.79 Å². The van der Waals surface area contributed by atoms with Gasteiger partial charge in [-0.05, 0) is 45.7 Å². The number of carbonyl (C=O) groups is 1. The molecule has 0 radical (unpaired) electrons. The van der Waals surface area contributed by atoms with E-state index in [2.05, 4.69) is 17.1 Å². The summed E-state index contributed by atoms with van der Waals surface area (Å²) in [6.07, 6.45) is 1.82. The van der Waals surface area contributed by atoms with Crippen LogP contribution in [0.5, 0.6) is 0 Å². The van der Waals surface area contributed by atoms with E-state index in [4.69, 9.17) is 4.74 Å². The molecule has 0 aliphatic carbocycles. The van der Waals surface area contributed by atoms with Crippen molar-refractivity contribution in [3.05, 3.63) is 15.8 Å². The minimum absolute atomic E-state index is 0.367. The van der Waals surface area contributed by atoms with Crippen LogP contribution in [0.4, 0.5) is 10.5 Å². The molecule has 2 heterocycles. The molecule has 4 nitrogen and oxygen atoms in total. The lowest BCUT2D eigenvalue weighted by Gasteiger charge is -2.27. The highest BCUT2D eigenvalue weighted by Crippen LogP contribution is 2.32. The van der Waals surface area contributed by atoms with Crippen molar-refractivity contribution in [3.63, 3.8) is 0 Å². The number of carbonyl (C=O) groups excluding carboxylic acids is 1. The number of hydrogen-bond acceptors (Lipinski definition) is 4. The molecular weight excluding hydrogens is 272 g/mol. The first-order valence-electron chi connectivity index (χ1n) is 7.20. The largest absolute Gasteiger partial charge is 0.444 e. The predicted octanol–water partition coefficient (Wildman–Crippen LogP) is 3.86. The minimum atomic E-state index is -0.460.